The lowest BCUT2D eigenvalue weighted by Crippen LogP contribution is -2.44. The molecule has 37 heavy (non-hydrogen) atoms. The Balaban J connectivity index is 1.70. The summed E-state index contributed by atoms with van der Waals surface area (Å²) in [7, 11) is -2.20. The number of likely N-dealkylation sites (tertiary alicyclic amines) is 1. The minimum absolute atomic E-state index is 0.0194. The van der Waals surface area contributed by atoms with Gasteiger partial charge < -0.3 is 14.2 Å². The summed E-state index contributed by atoms with van der Waals surface area (Å²) >= 11 is 0. The molecular formula is C27H37N3O6S. The van der Waals surface area contributed by atoms with Gasteiger partial charge in [-0.05, 0) is 57.7 Å². The summed E-state index contributed by atoms with van der Waals surface area (Å²) in [5.41, 5.74) is 0.0562. The van der Waals surface area contributed by atoms with Crippen LogP contribution in [-0.4, -0.2) is 66.9 Å². The lowest BCUT2D eigenvalue weighted by atomic mass is 9.96. The number of sulfonamides is 1. The molecule has 1 amide bonds. The van der Waals surface area contributed by atoms with E-state index in [2.05, 4.69) is 0 Å². The van der Waals surface area contributed by atoms with Crippen LogP contribution in [0.4, 0.5) is 0 Å². The van der Waals surface area contributed by atoms with Crippen molar-refractivity contribution < 1.29 is 22.7 Å². The molecule has 2 aromatic rings. The monoisotopic (exact) mass is 531 g/mol. The molecule has 2 fully saturated rings. The molecule has 2 heterocycles. The molecule has 10 heteroatoms. The predicted octanol–water partition coefficient (Wildman–Crippen LogP) is 3.39. The number of ether oxygens (including phenoxy) is 1. The van der Waals surface area contributed by atoms with E-state index in [1.54, 1.807) is 36.9 Å². The minimum atomic E-state index is -3.80. The van der Waals surface area contributed by atoms with Crippen molar-refractivity contribution in [1.29, 1.82) is 0 Å². The molecule has 4 rings (SSSR count). The molecule has 1 saturated carbocycles. The second-order valence-electron chi connectivity index (χ2n) is 9.99. The van der Waals surface area contributed by atoms with Crippen molar-refractivity contribution in [1.82, 2.24) is 13.8 Å². The Bertz CT molecular complexity index is 1330. The number of carbonyl (C=O) groups is 2. The minimum Gasteiger partial charge on any atom is -0.466 e. The van der Waals surface area contributed by atoms with E-state index in [0.29, 0.717) is 31.4 Å². The van der Waals surface area contributed by atoms with E-state index in [1.807, 2.05) is 6.92 Å². The second kappa shape index (κ2) is 11.3. The first-order valence-electron chi connectivity index (χ1n) is 13.3. The zero-order chi connectivity index (χ0) is 26.7. The zero-order valence-electron chi connectivity index (χ0n) is 21.9. The topological polar surface area (TPSA) is 106 Å². The fraction of sp³-hybridized carbons (Fsp3) is 0.593. The van der Waals surface area contributed by atoms with Gasteiger partial charge in [-0.3, -0.25) is 14.4 Å². The van der Waals surface area contributed by atoms with Crippen molar-refractivity contribution in [3.8, 4) is 0 Å². The number of aryl methyl sites for hydroxylation is 1. The maximum absolute atomic E-state index is 13.6. The van der Waals surface area contributed by atoms with Gasteiger partial charge in [-0.15, -0.1) is 0 Å². The molecule has 1 aliphatic carbocycles. The molecule has 1 aromatic carbocycles. The van der Waals surface area contributed by atoms with Gasteiger partial charge in [0.05, 0.1) is 22.9 Å². The fourth-order valence-electron chi connectivity index (χ4n) is 5.54. The summed E-state index contributed by atoms with van der Waals surface area (Å²) in [6, 6.07) is 4.54. The molecule has 0 radical (unpaired) electrons. The quantitative estimate of drug-likeness (QED) is 0.507. The molecule has 2 aliphatic rings. The lowest BCUT2D eigenvalue weighted by Gasteiger charge is -2.31. The standard InChI is InChI=1S/C27H37N3O6S/c1-4-29-18-23(26(32)30-15-9-10-19(17-30)27(33)36-5-2)25(31)22-16-21(13-14-24(22)29)37(34,35)28(3)20-11-7-6-8-12-20/h13-14,16,18-20H,4-12,15,17H2,1-3H3. The van der Waals surface area contributed by atoms with Crippen LogP contribution in [0.3, 0.4) is 0 Å². The molecular weight excluding hydrogens is 494 g/mol. The van der Waals surface area contributed by atoms with Crippen LogP contribution in [0, 0.1) is 5.92 Å². The lowest BCUT2D eigenvalue weighted by molar-refractivity contribution is -0.149. The number of hydrogen-bond donors (Lipinski definition) is 0. The molecule has 9 nitrogen and oxygen atoms in total. The van der Waals surface area contributed by atoms with Gasteiger partial charge in [0.25, 0.3) is 5.91 Å². The number of amides is 1. The van der Waals surface area contributed by atoms with Gasteiger partial charge in [0, 0.05) is 44.3 Å². The van der Waals surface area contributed by atoms with Crippen LogP contribution >= 0.6 is 0 Å². The predicted molar refractivity (Wildman–Crippen MR) is 141 cm³/mol. The SMILES string of the molecule is CCOC(=O)C1CCCN(C(=O)c2cn(CC)c3ccc(S(=O)(=O)N(C)C4CCCCC4)cc3c2=O)C1. The molecule has 0 spiro atoms. The maximum atomic E-state index is 13.6. The van der Waals surface area contributed by atoms with Crippen LogP contribution in [0.2, 0.25) is 0 Å². The first-order chi connectivity index (χ1) is 17.7. The number of hydrogen-bond acceptors (Lipinski definition) is 6. The van der Waals surface area contributed by atoms with Gasteiger partial charge in [0.15, 0.2) is 0 Å². The third kappa shape index (κ3) is 5.45. The van der Waals surface area contributed by atoms with Crippen molar-refractivity contribution in [2.24, 2.45) is 5.92 Å². The van der Waals surface area contributed by atoms with Crippen LogP contribution in [0.25, 0.3) is 10.9 Å². The van der Waals surface area contributed by atoms with Gasteiger partial charge in [0.2, 0.25) is 15.5 Å². The van der Waals surface area contributed by atoms with Gasteiger partial charge >= 0.3 is 5.97 Å². The number of esters is 1. The first-order valence-corrected chi connectivity index (χ1v) is 14.7. The summed E-state index contributed by atoms with van der Waals surface area (Å²) in [5.74, 6) is -1.20. The van der Waals surface area contributed by atoms with Crippen LogP contribution in [0.1, 0.15) is 69.2 Å². The third-order valence-electron chi connectivity index (χ3n) is 7.72. The third-order valence-corrected chi connectivity index (χ3v) is 9.62. The smallest absolute Gasteiger partial charge is 0.310 e. The first kappa shape index (κ1) is 27.3. The molecule has 1 unspecified atom stereocenters. The molecule has 1 aliphatic heterocycles. The van der Waals surface area contributed by atoms with Crippen LogP contribution < -0.4 is 5.43 Å². The van der Waals surface area contributed by atoms with E-state index < -0.39 is 27.3 Å². The van der Waals surface area contributed by atoms with Crippen molar-refractivity contribution in [2.45, 2.75) is 76.3 Å². The Kier molecular flexibility index (Phi) is 8.38. The summed E-state index contributed by atoms with van der Waals surface area (Å²) in [6.07, 6.45) is 7.59. The normalized spacial score (nSPS) is 19.4. The number of aromatic nitrogens is 1. The Morgan fingerprint density at radius 2 is 1.81 bits per heavy atom. The summed E-state index contributed by atoms with van der Waals surface area (Å²) in [5, 5.41) is 0.199. The van der Waals surface area contributed by atoms with Crippen LogP contribution in [0.15, 0.2) is 34.1 Å². The van der Waals surface area contributed by atoms with E-state index in [4.69, 9.17) is 4.74 Å². The Hall–Kier alpha value is -2.72. The number of fused-ring (bicyclic) bond motifs is 1. The van der Waals surface area contributed by atoms with Crippen molar-refractivity contribution in [3.63, 3.8) is 0 Å². The highest BCUT2D eigenvalue weighted by Crippen LogP contribution is 2.28. The highest BCUT2D eigenvalue weighted by Gasteiger charge is 2.32. The molecule has 0 bridgehead atoms. The van der Waals surface area contributed by atoms with Gasteiger partial charge in [-0.2, -0.15) is 4.31 Å². The molecule has 1 aromatic heterocycles. The number of benzene rings is 1. The molecule has 1 saturated heterocycles. The summed E-state index contributed by atoms with van der Waals surface area (Å²) in [6.45, 7) is 5.05. The van der Waals surface area contributed by atoms with E-state index >= 15 is 0 Å². The van der Waals surface area contributed by atoms with Gasteiger partial charge in [-0.1, -0.05) is 19.3 Å². The van der Waals surface area contributed by atoms with Crippen molar-refractivity contribution in [2.75, 3.05) is 26.7 Å². The van der Waals surface area contributed by atoms with Crippen LogP contribution in [-0.2, 0) is 26.1 Å². The van der Waals surface area contributed by atoms with E-state index in [9.17, 15) is 22.8 Å². The van der Waals surface area contributed by atoms with Gasteiger partial charge in [-0.25, -0.2) is 8.42 Å². The van der Waals surface area contributed by atoms with Gasteiger partial charge in [0.1, 0.15) is 5.56 Å². The summed E-state index contributed by atoms with van der Waals surface area (Å²) in [4.78, 5) is 40.9. The Morgan fingerprint density at radius 1 is 1.08 bits per heavy atom. The number of carbonyl (C=O) groups excluding carboxylic acids is 2. The molecule has 1 atom stereocenters. The van der Waals surface area contributed by atoms with Crippen molar-refractivity contribution >= 4 is 32.8 Å². The number of piperidine rings is 1. The Morgan fingerprint density at radius 3 is 2.49 bits per heavy atom. The average Bonchev–Trinajstić information content (AvgIpc) is 2.93. The Labute approximate surface area is 218 Å². The highest BCUT2D eigenvalue weighted by molar-refractivity contribution is 7.89. The zero-order valence-corrected chi connectivity index (χ0v) is 22.8. The van der Waals surface area contributed by atoms with E-state index in [0.717, 1.165) is 32.1 Å². The van der Waals surface area contributed by atoms with E-state index in [-0.39, 0.29) is 41.0 Å². The maximum Gasteiger partial charge on any atom is 0.310 e. The summed E-state index contributed by atoms with van der Waals surface area (Å²) < 4.78 is 35.3. The number of pyridine rings is 1. The highest BCUT2D eigenvalue weighted by atomic mass is 32.2. The average molecular weight is 532 g/mol. The number of rotatable bonds is 7. The molecule has 0 N–H and O–H groups in total. The molecule has 202 valence electrons. The second-order valence-corrected chi connectivity index (χ2v) is 12.0. The largest absolute Gasteiger partial charge is 0.466 e. The number of nitrogens with zero attached hydrogens (tertiary/aromatic N) is 3. The van der Waals surface area contributed by atoms with Crippen LogP contribution in [0.5, 0.6) is 0 Å². The van der Waals surface area contributed by atoms with E-state index in [1.165, 1.54) is 15.3 Å². The van der Waals surface area contributed by atoms with Crippen molar-refractivity contribution in [3.05, 3.63) is 40.2 Å². The fourth-order valence-corrected chi connectivity index (χ4v) is 6.99.